The lowest BCUT2D eigenvalue weighted by molar-refractivity contribution is 1.27. The van der Waals surface area contributed by atoms with Gasteiger partial charge in [0.25, 0.3) is 0 Å². The fourth-order valence-corrected chi connectivity index (χ4v) is 4.01. The first-order valence-electron chi connectivity index (χ1n) is 11.8. The third-order valence-electron chi connectivity index (χ3n) is 5.87. The minimum absolute atomic E-state index is 1.13. The summed E-state index contributed by atoms with van der Waals surface area (Å²) in [6.45, 7) is 6.23. The lowest BCUT2D eigenvalue weighted by Crippen LogP contribution is -2.09. The zero-order valence-corrected chi connectivity index (χ0v) is 20.1. The molecule has 0 atom stereocenters. The van der Waals surface area contributed by atoms with Crippen molar-refractivity contribution in [1.29, 1.82) is 0 Å². The van der Waals surface area contributed by atoms with Crippen LogP contribution in [-0.4, -0.2) is 0 Å². The maximum Gasteiger partial charge on any atom is 0.0462 e. The Morgan fingerprint density at radius 1 is 0.588 bits per heavy atom. The standard InChI is InChI=1S/C33H31N/c1-4-6-8-11-27(5-2)29-16-22-32(23-17-29)34(31-20-14-26(3)15-21-31)33-24-18-30(19-25-33)28-12-9-7-10-13-28/h4-25H,1-3H3/b6-4-,11-8-,27-5+. The number of anilines is 3. The van der Waals surface area contributed by atoms with Gasteiger partial charge in [-0.25, -0.2) is 0 Å². The number of benzene rings is 4. The largest absolute Gasteiger partial charge is 0.311 e. The predicted molar refractivity (Wildman–Crippen MR) is 149 cm³/mol. The van der Waals surface area contributed by atoms with Gasteiger partial charge in [0.15, 0.2) is 0 Å². The molecule has 1 nitrogen and oxygen atoms in total. The van der Waals surface area contributed by atoms with Gasteiger partial charge in [-0.15, -0.1) is 0 Å². The van der Waals surface area contributed by atoms with E-state index in [1.807, 2.05) is 13.0 Å². The van der Waals surface area contributed by atoms with Crippen LogP contribution < -0.4 is 4.90 Å². The van der Waals surface area contributed by atoms with Crippen LogP contribution in [0.4, 0.5) is 17.1 Å². The van der Waals surface area contributed by atoms with Gasteiger partial charge < -0.3 is 4.90 Å². The first-order chi connectivity index (χ1) is 16.7. The van der Waals surface area contributed by atoms with Crippen molar-refractivity contribution in [2.75, 3.05) is 4.90 Å². The van der Waals surface area contributed by atoms with Gasteiger partial charge in [-0.1, -0.05) is 103 Å². The molecule has 0 saturated heterocycles. The van der Waals surface area contributed by atoms with Crippen LogP contribution in [0.2, 0.25) is 0 Å². The number of rotatable bonds is 7. The molecule has 0 heterocycles. The highest BCUT2D eigenvalue weighted by atomic mass is 15.1. The van der Waals surface area contributed by atoms with E-state index in [9.17, 15) is 0 Å². The van der Waals surface area contributed by atoms with E-state index >= 15 is 0 Å². The molecular formula is C33H31N. The molecule has 4 aromatic carbocycles. The molecule has 0 amide bonds. The number of allylic oxidation sites excluding steroid dienone is 6. The molecule has 4 rings (SSSR count). The summed E-state index contributed by atoms with van der Waals surface area (Å²) in [6, 6.07) is 36.8. The third kappa shape index (κ3) is 5.44. The first kappa shape index (κ1) is 23.1. The van der Waals surface area contributed by atoms with Crippen molar-refractivity contribution in [3.63, 3.8) is 0 Å². The minimum atomic E-state index is 1.13. The van der Waals surface area contributed by atoms with Crippen molar-refractivity contribution in [3.8, 4) is 11.1 Å². The maximum absolute atomic E-state index is 2.31. The van der Waals surface area contributed by atoms with Crippen molar-refractivity contribution >= 4 is 22.6 Å². The van der Waals surface area contributed by atoms with E-state index in [1.54, 1.807) is 0 Å². The van der Waals surface area contributed by atoms with E-state index < -0.39 is 0 Å². The van der Waals surface area contributed by atoms with Gasteiger partial charge in [0.1, 0.15) is 0 Å². The quantitative estimate of drug-likeness (QED) is 0.258. The van der Waals surface area contributed by atoms with Crippen LogP contribution in [0.25, 0.3) is 16.7 Å². The molecule has 0 bridgehead atoms. The summed E-state index contributed by atoms with van der Waals surface area (Å²) in [5.41, 5.74) is 9.52. The molecule has 0 spiro atoms. The molecule has 0 saturated carbocycles. The molecule has 0 aliphatic heterocycles. The molecule has 0 aromatic heterocycles. The van der Waals surface area contributed by atoms with E-state index in [0.717, 1.165) is 17.1 Å². The fraction of sp³-hybridized carbons (Fsp3) is 0.0909. The summed E-state index contributed by atoms with van der Waals surface area (Å²) < 4.78 is 0. The van der Waals surface area contributed by atoms with Crippen molar-refractivity contribution in [2.45, 2.75) is 20.8 Å². The number of hydrogen-bond donors (Lipinski definition) is 0. The van der Waals surface area contributed by atoms with E-state index in [2.05, 4.69) is 146 Å². The molecule has 0 unspecified atom stereocenters. The van der Waals surface area contributed by atoms with E-state index in [4.69, 9.17) is 0 Å². The van der Waals surface area contributed by atoms with Crippen LogP contribution in [-0.2, 0) is 0 Å². The summed E-state index contributed by atoms with van der Waals surface area (Å²) in [5.74, 6) is 0. The topological polar surface area (TPSA) is 3.24 Å². The lowest BCUT2D eigenvalue weighted by atomic mass is 10.0. The Balaban J connectivity index is 1.70. The molecular weight excluding hydrogens is 410 g/mol. The average Bonchev–Trinajstić information content (AvgIpc) is 2.89. The Bertz CT molecular complexity index is 1270. The average molecular weight is 442 g/mol. The van der Waals surface area contributed by atoms with E-state index in [-0.39, 0.29) is 0 Å². The van der Waals surface area contributed by atoms with Crippen LogP contribution >= 0.6 is 0 Å². The van der Waals surface area contributed by atoms with Gasteiger partial charge in [-0.3, -0.25) is 0 Å². The number of hydrogen-bond acceptors (Lipinski definition) is 1. The van der Waals surface area contributed by atoms with E-state index in [0.29, 0.717) is 0 Å². The van der Waals surface area contributed by atoms with Crippen LogP contribution in [0.1, 0.15) is 25.0 Å². The fourth-order valence-electron chi connectivity index (χ4n) is 4.01. The van der Waals surface area contributed by atoms with Crippen LogP contribution in [0.15, 0.2) is 134 Å². The van der Waals surface area contributed by atoms with Crippen LogP contribution in [0.3, 0.4) is 0 Å². The lowest BCUT2D eigenvalue weighted by Gasteiger charge is -2.26. The van der Waals surface area contributed by atoms with Crippen molar-refractivity contribution < 1.29 is 0 Å². The van der Waals surface area contributed by atoms with Gasteiger partial charge in [0.2, 0.25) is 0 Å². The summed E-state index contributed by atoms with van der Waals surface area (Å²) in [4.78, 5) is 2.31. The highest BCUT2D eigenvalue weighted by Gasteiger charge is 2.13. The maximum atomic E-state index is 2.31. The molecule has 0 N–H and O–H groups in total. The van der Waals surface area contributed by atoms with Gasteiger partial charge in [0, 0.05) is 17.1 Å². The Kier molecular flexibility index (Phi) is 7.57. The Hall–Kier alpha value is -4.10. The van der Waals surface area contributed by atoms with Gasteiger partial charge >= 0.3 is 0 Å². The molecule has 4 aromatic rings. The van der Waals surface area contributed by atoms with Gasteiger partial charge in [0.05, 0.1) is 0 Å². The summed E-state index contributed by atoms with van der Waals surface area (Å²) in [7, 11) is 0. The normalized spacial score (nSPS) is 11.9. The Labute approximate surface area is 204 Å². The number of aryl methyl sites for hydroxylation is 1. The van der Waals surface area contributed by atoms with Crippen molar-refractivity contribution in [1.82, 2.24) is 0 Å². The highest BCUT2D eigenvalue weighted by molar-refractivity contribution is 5.80. The van der Waals surface area contributed by atoms with Crippen LogP contribution in [0.5, 0.6) is 0 Å². The Morgan fingerprint density at radius 2 is 1.12 bits per heavy atom. The second-order valence-electron chi connectivity index (χ2n) is 8.26. The second kappa shape index (κ2) is 11.2. The molecule has 34 heavy (non-hydrogen) atoms. The summed E-state index contributed by atoms with van der Waals surface area (Å²) >= 11 is 0. The molecule has 0 radical (unpaired) electrons. The SMILES string of the molecule is C\C=C/C=C\C(=C/C)c1ccc(N(c2ccc(C)cc2)c2ccc(-c3ccccc3)cc2)cc1. The number of nitrogens with zero attached hydrogens (tertiary/aromatic N) is 1. The Morgan fingerprint density at radius 3 is 1.68 bits per heavy atom. The zero-order chi connectivity index (χ0) is 23.8. The van der Waals surface area contributed by atoms with Gasteiger partial charge in [-0.05, 0) is 79.4 Å². The second-order valence-corrected chi connectivity index (χ2v) is 8.26. The zero-order valence-electron chi connectivity index (χ0n) is 20.1. The van der Waals surface area contributed by atoms with Crippen LogP contribution in [0, 0.1) is 6.92 Å². The minimum Gasteiger partial charge on any atom is -0.311 e. The first-order valence-corrected chi connectivity index (χ1v) is 11.8. The third-order valence-corrected chi connectivity index (χ3v) is 5.87. The summed E-state index contributed by atoms with van der Waals surface area (Å²) in [6.07, 6.45) is 10.5. The predicted octanol–water partition coefficient (Wildman–Crippen LogP) is 9.67. The molecule has 1 heteroatoms. The molecule has 0 fully saturated rings. The summed E-state index contributed by atoms with van der Waals surface area (Å²) in [5, 5.41) is 0. The molecule has 168 valence electrons. The van der Waals surface area contributed by atoms with Crippen molar-refractivity contribution in [2.24, 2.45) is 0 Å². The molecule has 0 aliphatic carbocycles. The van der Waals surface area contributed by atoms with Gasteiger partial charge in [-0.2, -0.15) is 0 Å². The monoisotopic (exact) mass is 441 g/mol. The molecule has 0 aliphatic rings. The smallest absolute Gasteiger partial charge is 0.0462 e. The van der Waals surface area contributed by atoms with E-state index in [1.165, 1.54) is 27.8 Å². The van der Waals surface area contributed by atoms with Crippen molar-refractivity contribution in [3.05, 3.63) is 145 Å². The highest BCUT2D eigenvalue weighted by Crippen LogP contribution is 2.36.